The Morgan fingerprint density at radius 1 is 1.25 bits per heavy atom. The van der Waals surface area contributed by atoms with Crippen LogP contribution in [-0.4, -0.2) is 46.5 Å². The van der Waals surface area contributed by atoms with E-state index >= 15 is 0 Å². The highest BCUT2D eigenvalue weighted by Crippen LogP contribution is 2.26. The van der Waals surface area contributed by atoms with Gasteiger partial charge in [-0.25, -0.2) is 9.37 Å². The number of hydrogen-bond donors (Lipinski definition) is 1. The fourth-order valence-corrected chi connectivity index (χ4v) is 4.06. The number of fused-ring (bicyclic) bond motifs is 1. The second-order valence-electron chi connectivity index (χ2n) is 7.95. The van der Waals surface area contributed by atoms with Crippen LogP contribution in [0, 0.1) is 23.2 Å². The molecular weight excluding hydrogens is 429 g/mol. The summed E-state index contributed by atoms with van der Waals surface area (Å²) in [5.41, 5.74) is 1.88. The van der Waals surface area contributed by atoms with Crippen molar-refractivity contribution in [1.82, 2.24) is 14.9 Å². The first-order valence-electron chi connectivity index (χ1n) is 10.4. The fourth-order valence-electron chi connectivity index (χ4n) is 3.87. The van der Waals surface area contributed by atoms with E-state index in [1.54, 1.807) is 18.3 Å². The van der Waals surface area contributed by atoms with Gasteiger partial charge in [0.25, 0.3) is 0 Å². The van der Waals surface area contributed by atoms with Gasteiger partial charge < -0.3 is 15.1 Å². The van der Waals surface area contributed by atoms with Gasteiger partial charge in [-0.3, -0.25) is 4.98 Å². The topological polar surface area (TPSA) is 80.4 Å². The molecule has 1 aliphatic heterocycles. The number of piperazine rings is 1. The predicted molar refractivity (Wildman–Crippen MR) is 125 cm³/mol. The first kappa shape index (κ1) is 21.8. The van der Waals surface area contributed by atoms with Gasteiger partial charge >= 0.3 is 0 Å². The average Bonchev–Trinajstić information content (AvgIpc) is 2.79. The minimum absolute atomic E-state index is 0.0663. The Morgan fingerprint density at radius 2 is 2.06 bits per heavy atom. The monoisotopic (exact) mass is 451 g/mol. The van der Waals surface area contributed by atoms with Gasteiger partial charge in [-0.05, 0) is 30.2 Å². The third-order valence-corrected chi connectivity index (χ3v) is 5.88. The van der Waals surface area contributed by atoms with Crippen LogP contribution in [0.1, 0.15) is 13.8 Å². The zero-order valence-electron chi connectivity index (χ0n) is 17.8. The SMILES string of the molecule is CC(C)[C@H]1CN(c2cnc3cc(F)ccc3n2)CCN1/C(=N/C#N)Nc1ccccc1Cl. The first-order chi connectivity index (χ1) is 15.5. The number of anilines is 2. The van der Waals surface area contributed by atoms with E-state index in [0.29, 0.717) is 47.3 Å². The van der Waals surface area contributed by atoms with Crippen molar-refractivity contribution in [3.05, 3.63) is 59.5 Å². The molecule has 2 aromatic carbocycles. The molecule has 0 aliphatic carbocycles. The number of para-hydroxylation sites is 1. The number of halogens is 2. The zero-order valence-corrected chi connectivity index (χ0v) is 18.6. The van der Waals surface area contributed by atoms with E-state index in [2.05, 4.69) is 43.9 Å². The summed E-state index contributed by atoms with van der Waals surface area (Å²) in [5, 5.41) is 13.1. The standard InChI is InChI=1S/C23H23ClFN7/c1-15(2)21-13-31(22-12-27-20-11-16(25)7-8-19(20)29-22)9-10-32(21)23(28-14-26)30-18-6-4-3-5-17(18)24/h3-8,11-12,15,21H,9-10,13H2,1-2H3,(H,28,30)/t21-/m1/s1. The van der Waals surface area contributed by atoms with Crippen LogP contribution in [0.25, 0.3) is 11.0 Å². The molecule has 0 unspecified atom stereocenters. The van der Waals surface area contributed by atoms with E-state index in [1.807, 2.05) is 24.4 Å². The minimum atomic E-state index is -0.330. The highest BCUT2D eigenvalue weighted by molar-refractivity contribution is 6.33. The summed E-state index contributed by atoms with van der Waals surface area (Å²) in [5.74, 6) is 1.16. The number of rotatable bonds is 3. The molecule has 164 valence electrons. The fraction of sp³-hybridized carbons (Fsp3) is 0.304. The lowest BCUT2D eigenvalue weighted by molar-refractivity contribution is 0.224. The number of benzene rings is 2. The summed E-state index contributed by atoms with van der Waals surface area (Å²) in [4.78, 5) is 17.4. The van der Waals surface area contributed by atoms with Crippen LogP contribution in [0.3, 0.4) is 0 Å². The molecule has 0 saturated carbocycles. The van der Waals surface area contributed by atoms with Crippen LogP contribution < -0.4 is 10.2 Å². The molecule has 0 amide bonds. The Bertz CT molecular complexity index is 1190. The molecule has 0 bridgehead atoms. The summed E-state index contributed by atoms with van der Waals surface area (Å²) < 4.78 is 13.5. The quantitative estimate of drug-likeness (QED) is 0.358. The maximum Gasteiger partial charge on any atom is 0.214 e. The van der Waals surface area contributed by atoms with E-state index in [1.165, 1.54) is 12.1 Å². The average molecular weight is 452 g/mol. The zero-order chi connectivity index (χ0) is 22.7. The predicted octanol–water partition coefficient (Wildman–Crippen LogP) is 4.52. The Morgan fingerprint density at radius 3 is 2.81 bits per heavy atom. The lowest BCUT2D eigenvalue weighted by atomic mass is 9.99. The van der Waals surface area contributed by atoms with Crippen molar-refractivity contribution in [2.24, 2.45) is 10.9 Å². The van der Waals surface area contributed by atoms with Gasteiger partial charge in [-0.1, -0.05) is 37.6 Å². The normalized spacial score (nSPS) is 17.0. The van der Waals surface area contributed by atoms with Crippen molar-refractivity contribution in [2.45, 2.75) is 19.9 Å². The summed E-state index contributed by atoms with van der Waals surface area (Å²) in [6.45, 7) is 6.24. The van der Waals surface area contributed by atoms with Crippen molar-refractivity contribution in [3.8, 4) is 6.19 Å². The Hall–Kier alpha value is -3.44. The molecule has 2 heterocycles. The molecule has 1 aliphatic rings. The largest absolute Gasteiger partial charge is 0.351 e. The van der Waals surface area contributed by atoms with Gasteiger partial charge in [0, 0.05) is 25.7 Å². The third kappa shape index (κ3) is 4.58. The third-order valence-electron chi connectivity index (χ3n) is 5.55. The van der Waals surface area contributed by atoms with Gasteiger partial charge in [0.1, 0.15) is 11.6 Å². The molecule has 1 fully saturated rings. The molecular formula is C23H23ClFN7. The molecule has 9 heteroatoms. The van der Waals surface area contributed by atoms with Crippen molar-refractivity contribution < 1.29 is 4.39 Å². The smallest absolute Gasteiger partial charge is 0.214 e. The van der Waals surface area contributed by atoms with Gasteiger partial charge in [0.15, 0.2) is 0 Å². The van der Waals surface area contributed by atoms with Crippen LogP contribution in [-0.2, 0) is 0 Å². The van der Waals surface area contributed by atoms with Crippen molar-refractivity contribution in [3.63, 3.8) is 0 Å². The van der Waals surface area contributed by atoms with E-state index in [4.69, 9.17) is 11.6 Å². The molecule has 1 saturated heterocycles. The van der Waals surface area contributed by atoms with Gasteiger partial charge in [0.2, 0.25) is 12.2 Å². The van der Waals surface area contributed by atoms with E-state index in [0.717, 1.165) is 5.82 Å². The summed E-state index contributed by atoms with van der Waals surface area (Å²) in [6, 6.07) is 11.8. The highest BCUT2D eigenvalue weighted by Gasteiger charge is 2.32. The highest BCUT2D eigenvalue weighted by atomic mass is 35.5. The number of hydrogen-bond acceptors (Lipinski definition) is 5. The van der Waals surface area contributed by atoms with Crippen molar-refractivity contribution >= 4 is 40.1 Å². The Kier molecular flexibility index (Phi) is 6.37. The molecule has 0 radical (unpaired) electrons. The Balaban J connectivity index is 1.58. The lowest BCUT2D eigenvalue weighted by Crippen LogP contribution is -2.58. The van der Waals surface area contributed by atoms with E-state index in [-0.39, 0.29) is 17.8 Å². The van der Waals surface area contributed by atoms with Crippen molar-refractivity contribution in [1.29, 1.82) is 5.26 Å². The number of guanidine groups is 1. The first-order valence-corrected chi connectivity index (χ1v) is 10.8. The second-order valence-corrected chi connectivity index (χ2v) is 8.36. The molecule has 3 aromatic rings. The molecule has 1 N–H and O–H groups in total. The van der Waals surface area contributed by atoms with Crippen LogP contribution in [0.2, 0.25) is 5.02 Å². The second kappa shape index (κ2) is 9.37. The molecule has 32 heavy (non-hydrogen) atoms. The number of nitrogens with zero attached hydrogens (tertiary/aromatic N) is 6. The van der Waals surface area contributed by atoms with Gasteiger partial charge in [0.05, 0.1) is 34.0 Å². The van der Waals surface area contributed by atoms with Crippen LogP contribution in [0.4, 0.5) is 15.9 Å². The number of nitrogens with one attached hydrogen (secondary N) is 1. The van der Waals surface area contributed by atoms with Gasteiger partial charge in [-0.15, -0.1) is 4.99 Å². The maximum absolute atomic E-state index is 13.5. The number of aromatic nitrogens is 2. The molecule has 1 aromatic heterocycles. The minimum Gasteiger partial charge on any atom is -0.351 e. The molecule has 0 spiro atoms. The van der Waals surface area contributed by atoms with Gasteiger partial charge in [-0.2, -0.15) is 5.26 Å². The van der Waals surface area contributed by atoms with Crippen LogP contribution in [0.15, 0.2) is 53.7 Å². The summed E-state index contributed by atoms with van der Waals surface area (Å²) in [7, 11) is 0. The maximum atomic E-state index is 13.5. The molecule has 1 atom stereocenters. The van der Waals surface area contributed by atoms with Crippen molar-refractivity contribution in [2.75, 3.05) is 29.9 Å². The number of aliphatic imine (C=N–C) groups is 1. The number of nitriles is 1. The lowest BCUT2D eigenvalue weighted by Gasteiger charge is -2.44. The molecule has 7 nitrogen and oxygen atoms in total. The van der Waals surface area contributed by atoms with Crippen LogP contribution in [0.5, 0.6) is 0 Å². The van der Waals surface area contributed by atoms with Crippen LogP contribution >= 0.6 is 11.6 Å². The van der Waals surface area contributed by atoms with E-state index < -0.39 is 0 Å². The summed E-state index contributed by atoms with van der Waals surface area (Å²) in [6.07, 6.45) is 3.59. The molecule has 4 rings (SSSR count). The summed E-state index contributed by atoms with van der Waals surface area (Å²) >= 11 is 6.30. The Labute approximate surface area is 191 Å². The van der Waals surface area contributed by atoms with E-state index in [9.17, 15) is 9.65 Å².